The van der Waals surface area contributed by atoms with Crippen LogP contribution in [-0.2, 0) is 10.8 Å². The lowest BCUT2D eigenvalue weighted by atomic mass is 10.2. The zero-order chi connectivity index (χ0) is 9.90. The molecule has 0 saturated carbocycles. The fourth-order valence-corrected chi connectivity index (χ4v) is 1.46. The van der Waals surface area contributed by atoms with Gasteiger partial charge in [-0.3, -0.25) is 0 Å². The third kappa shape index (κ3) is 4.77. The molecule has 0 N–H and O–H groups in total. The van der Waals surface area contributed by atoms with Gasteiger partial charge in [-0.05, 0) is 28.4 Å². The first-order valence-corrected chi connectivity index (χ1v) is 7.37. The first-order chi connectivity index (χ1) is 5.97. The molecule has 4 heteroatoms. The Morgan fingerprint density at radius 3 is 2.23 bits per heavy atom. The molecule has 0 bridgehead atoms. The highest BCUT2D eigenvalue weighted by Crippen LogP contribution is 2.47. The fraction of sp³-hybridized carbons (Fsp3) is 0.333. The van der Waals surface area contributed by atoms with Crippen molar-refractivity contribution >= 4 is 31.8 Å². The lowest BCUT2D eigenvalue weighted by Gasteiger charge is -2.21. The van der Waals surface area contributed by atoms with Crippen LogP contribution in [0.5, 0.6) is 0 Å². The molecule has 0 heterocycles. The summed E-state index contributed by atoms with van der Waals surface area (Å²) in [6.45, 7) is 0.545. The van der Waals surface area contributed by atoms with Gasteiger partial charge in [-0.1, -0.05) is 33.3 Å². The van der Waals surface area contributed by atoms with Gasteiger partial charge in [0.25, 0.3) is 0 Å². The Hall–Kier alpha value is 0.110. The van der Waals surface area contributed by atoms with E-state index in [2.05, 4.69) is 0 Å². The first kappa shape index (κ1) is 11.2. The standard InChI is InChI=1S/C9H12Cl2OS/c1-13(2,11)12-7-8-3-5-9(10)6-4-8/h3-6H,7H2,1-2H3. The minimum absolute atomic E-state index is 0.545. The zero-order valence-corrected chi connectivity index (χ0v) is 9.92. The molecule has 0 fully saturated rings. The Morgan fingerprint density at radius 2 is 1.77 bits per heavy atom. The number of hydrogen-bond donors (Lipinski definition) is 0. The first-order valence-electron chi connectivity index (χ1n) is 3.79. The molecule has 0 unspecified atom stereocenters. The summed E-state index contributed by atoms with van der Waals surface area (Å²) in [6, 6.07) is 7.56. The average molecular weight is 239 g/mol. The van der Waals surface area contributed by atoms with Gasteiger partial charge in [0.2, 0.25) is 0 Å². The van der Waals surface area contributed by atoms with Gasteiger partial charge in [-0.15, -0.1) is 0 Å². The van der Waals surface area contributed by atoms with E-state index >= 15 is 0 Å². The molecule has 0 radical (unpaired) electrons. The summed E-state index contributed by atoms with van der Waals surface area (Å²) in [7, 11) is 4.56. The summed E-state index contributed by atoms with van der Waals surface area (Å²) in [5.74, 6) is 0. The molecule has 1 nitrogen and oxygen atoms in total. The molecule has 1 aromatic carbocycles. The molecule has 0 aliphatic heterocycles. The monoisotopic (exact) mass is 238 g/mol. The largest absolute Gasteiger partial charge is 0.319 e. The molecular weight excluding hydrogens is 227 g/mol. The van der Waals surface area contributed by atoms with Crippen LogP contribution in [0.25, 0.3) is 0 Å². The van der Waals surface area contributed by atoms with Crippen LogP contribution < -0.4 is 0 Å². The number of rotatable bonds is 3. The molecule has 0 spiro atoms. The minimum Gasteiger partial charge on any atom is -0.319 e. The van der Waals surface area contributed by atoms with Crippen molar-refractivity contribution in [1.29, 1.82) is 0 Å². The summed E-state index contributed by atoms with van der Waals surface area (Å²) in [5.41, 5.74) is 1.09. The maximum atomic E-state index is 5.95. The molecule has 0 aromatic heterocycles. The van der Waals surface area contributed by atoms with E-state index in [1.807, 2.05) is 36.8 Å². The summed E-state index contributed by atoms with van der Waals surface area (Å²) >= 11 is 5.74. The minimum atomic E-state index is -1.39. The third-order valence-corrected chi connectivity index (χ3v) is 2.62. The van der Waals surface area contributed by atoms with Crippen LogP contribution in [0.2, 0.25) is 5.02 Å². The molecule has 0 saturated heterocycles. The number of hydrogen-bond acceptors (Lipinski definition) is 1. The normalized spacial score (nSPS) is 12.9. The second-order valence-electron chi connectivity index (χ2n) is 3.00. The quantitative estimate of drug-likeness (QED) is 0.774. The second-order valence-corrected chi connectivity index (χ2v) is 8.13. The van der Waals surface area contributed by atoms with Crippen molar-refractivity contribution < 1.29 is 4.18 Å². The van der Waals surface area contributed by atoms with Gasteiger partial charge in [-0.25, -0.2) is 0 Å². The van der Waals surface area contributed by atoms with Gasteiger partial charge < -0.3 is 4.18 Å². The summed E-state index contributed by atoms with van der Waals surface area (Å²) in [4.78, 5) is 0. The zero-order valence-electron chi connectivity index (χ0n) is 7.59. The smallest absolute Gasteiger partial charge is 0.0857 e. The van der Waals surface area contributed by atoms with Crippen LogP contribution in [0, 0.1) is 0 Å². The lowest BCUT2D eigenvalue weighted by molar-refractivity contribution is 0.356. The van der Waals surface area contributed by atoms with Crippen molar-refractivity contribution in [3.63, 3.8) is 0 Å². The van der Waals surface area contributed by atoms with E-state index in [4.69, 9.17) is 26.5 Å². The van der Waals surface area contributed by atoms with E-state index in [1.54, 1.807) is 0 Å². The van der Waals surface area contributed by atoms with Crippen LogP contribution in [0.4, 0.5) is 0 Å². The average Bonchev–Trinajstić information content (AvgIpc) is 2.02. The topological polar surface area (TPSA) is 9.23 Å². The molecule has 0 amide bonds. The van der Waals surface area contributed by atoms with Crippen molar-refractivity contribution in [2.75, 3.05) is 12.5 Å². The molecule has 0 aliphatic rings. The number of halogens is 2. The van der Waals surface area contributed by atoms with Crippen LogP contribution in [0.1, 0.15) is 5.56 Å². The van der Waals surface area contributed by atoms with Gasteiger partial charge in [0.15, 0.2) is 0 Å². The van der Waals surface area contributed by atoms with Gasteiger partial charge in [0.05, 0.1) is 6.61 Å². The predicted molar refractivity (Wildman–Crippen MR) is 61.5 cm³/mol. The second kappa shape index (κ2) is 4.56. The van der Waals surface area contributed by atoms with Crippen LogP contribution in [0.3, 0.4) is 0 Å². The SMILES string of the molecule is CS(C)(Cl)OCc1ccc(Cl)cc1. The van der Waals surface area contributed by atoms with E-state index in [0.29, 0.717) is 6.61 Å². The molecular formula is C9H12Cl2OS. The Balaban J connectivity index is 2.51. The van der Waals surface area contributed by atoms with Crippen molar-refractivity contribution in [1.82, 2.24) is 0 Å². The van der Waals surface area contributed by atoms with E-state index in [1.165, 1.54) is 0 Å². The van der Waals surface area contributed by atoms with Gasteiger partial charge in [0.1, 0.15) is 0 Å². The highest BCUT2D eigenvalue weighted by molar-refractivity contribution is 8.46. The fourth-order valence-electron chi connectivity index (χ4n) is 0.789. The summed E-state index contributed by atoms with van der Waals surface area (Å²) in [5, 5.41) is 0.737. The van der Waals surface area contributed by atoms with E-state index in [0.717, 1.165) is 10.6 Å². The van der Waals surface area contributed by atoms with E-state index in [-0.39, 0.29) is 0 Å². The van der Waals surface area contributed by atoms with E-state index in [9.17, 15) is 0 Å². The molecule has 13 heavy (non-hydrogen) atoms. The van der Waals surface area contributed by atoms with Crippen LogP contribution in [0.15, 0.2) is 24.3 Å². The summed E-state index contributed by atoms with van der Waals surface area (Å²) in [6.07, 6.45) is 3.79. The molecule has 1 aromatic rings. The van der Waals surface area contributed by atoms with Crippen LogP contribution in [-0.4, -0.2) is 12.5 Å². The van der Waals surface area contributed by atoms with E-state index < -0.39 is 9.52 Å². The van der Waals surface area contributed by atoms with Crippen molar-refractivity contribution in [2.45, 2.75) is 6.61 Å². The summed E-state index contributed by atoms with van der Waals surface area (Å²) < 4.78 is 5.46. The lowest BCUT2D eigenvalue weighted by Crippen LogP contribution is -1.94. The Kier molecular flexibility index (Phi) is 3.92. The van der Waals surface area contributed by atoms with Gasteiger partial charge in [0, 0.05) is 17.5 Å². The Labute approximate surface area is 90.0 Å². The highest BCUT2D eigenvalue weighted by atomic mass is 35.7. The highest BCUT2D eigenvalue weighted by Gasteiger charge is 2.06. The third-order valence-electron chi connectivity index (χ3n) is 1.42. The maximum absolute atomic E-state index is 5.95. The molecule has 74 valence electrons. The Bertz CT molecular complexity index is 266. The van der Waals surface area contributed by atoms with Crippen molar-refractivity contribution in [2.24, 2.45) is 0 Å². The van der Waals surface area contributed by atoms with Crippen LogP contribution >= 0.6 is 31.8 Å². The van der Waals surface area contributed by atoms with Crippen molar-refractivity contribution in [3.05, 3.63) is 34.9 Å². The molecule has 0 aliphatic carbocycles. The number of benzene rings is 1. The van der Waals surface area contributed by atoms with Gasteiger partial charge >= 0.3 is 0 Å². The molecule has 1 rings (SSSR count). The Morgan fingerprint density at radius 1 is 1.23 bits per heavy atom. The molecule has 0 atom stereocenters. The van der Waals surface area contributed by atoms with Crippen molar-refractivity contribution in [3.8, 4) is 0 Å². The van der Waals surface area contributed by atoms with Gasteiger partial charge in [-0.2, -0.15) is 0 Å². The maximum Gasteiger partial charge on any atom is 0.0857 e. The predicted octanol–water partition coefficient (Wildman–Crippen LogP) is 3.99.